The van der Waals surface area contributed by atoms with Crippen LogP contribution in [0, 0.1) is 11.6 Å². The van der Waals surface area contributed by atoms with Gasteiger partial charge in [-0.1, -0.05) is 0 Å². The number of hydrogen-bond donors (Lipinski definition) is 1. The number of pyridine rings is 1. The first-order valence-corrected chi connectivity index (χ1v) is 7.72. The first-order valence-electron chi connectivity index (χ1n) is 6.32. The van der Waals surface area contributed by atoms with E-state index in [1.54, 1.807) is 23.7 Å². The second kappa shape index (κ2) is 7.53. The summed E-state index contributed by atoms with van der Waals surface area (Å²) in [5, 5.41) is 2.80. The van der Waals surface area contributed by atoms with Crippen LogP contribution in [0.25, 0.3) is 0 Å². The smallest absolute Gasteiger partial charge is 0.168 e. The normalized spacial score (nSPS) is 12.3. The Hall–Kier alpha value is -1.04. The molecule has 0 aliphatic carbocycles. The van der Waals surface area contributed by atoms with Gasteiger partial charge in [0, 0.05) is 25.7 Å². The van der Waals surface area contributed by atoms with E-state index in [-0.39, 0.29) is 17.7 Å². The molecule has 108 valence electrons. The monoisotopic (exact) mass is 289 g/mol. The van der Waals surface area contributed by atoms with Gasteiger partial charge in [-0.3, -0.25) is 0 Å². The zero-order valence-electron chi connectivity index (χ0n) is 11.8. The minimum atomic E-state index is -0.659. The summed E-state index contributed by atoms with van der Waals surface area (Å²) in [6.07, 6.45) is 2.96. The fourth-order valence-electron chi connectivity index (χ4n) is 1.69. The quantitative estimate of drug-likeness (QED) is 0.833. The summed E-state index contributed by atoms with van der Waals surface area (Å²) in [6, 6.07) is 1.03. The maximum atomic E-state index is 13.8. The van der Waals surface area contributed by atoms with E-state index >= 15 is 0 Å². The third-order valence-electron chi connectivity index (χ3n) is 2.99. The Kier molecular flexibility index (Phi) is 6.34. The molecule has 1 aromatic rings. The van der Waals surface area contributed by atoms with E-state index in [9.17, 15) is 8.78 Å². The summed E-state index contributed by atoms with van der Waals surface area (Å²) in [5.41, 5.74) is 0. The fraction of sp³-hybridized carbons (Fsp3) is 0.615. The lowest BCUT2D eigenvalue weighted by Crippen LogP contribution is -2.31. The number of hydrogen-bond acceptors (Lipinski definition) is 4. The topological polar surface area (TPSA) is 28.2 Å². The molecule has 1 N–H and O–H groups in total. The van der Waals surface area contributed by atoms with Gasteiger partial charge in [0.25, 0.3) is 0 Å². The third kappa shape index (κ3) is 4.23. The number of anilines is 2. The van der Waals surface area contributed by atoms with Gasteiger partial charge in [0.1, 0.15) is 0 Å². The molecule has 0 aromatic carbocycles. The summed E-state index contributed by atoms with van der Waals surface area (Å²) >= 11 is 1.75. The average molecular weight is 289 g/mol. The van der Waals surface area contributed by atoms with E-state index in [1.165, 1.54) is 0 Å². The minimum absolute atomic E-state index is 0.0998. The highest BCUT2D eigenvalue weighted by Gasteiger charge is 2.18. The van der Waals surface area contributed by atoms with Crippen LogP contribution < -0.4 is 10.2 Å². The molecule has 1 atom stereocenters. The molecule has 1 rings (SSSR count). The summed E-state index contributed by atoms with van der Waals surface area (Å²) in [5.74, 6) is -0.00585. The number of nitrogens with one attached hydrogen (secondary N) is 1. The van der Waals surface area contributed by atoms with Crippen LogP contribution in [0.2, 0.25) is 0 Å². The highest BCUT2D eigenvalue weighted by atomic mass is 32.2. The standard InChI is InChI=1S/C13H21F2N3S/c1-5-16-12-10(14)8-11(15)13(17-12)18(3)9(2)6-7-19-4/h8-9H,5-7H2,1-4H3,(H,16,17). The fourth-order valence-corrected chi connectivity index (χ4v) is 2.26. The molecule has 1 unspecified atom stereocenters. The van der Waals surface area contributed by atoms with Gasteiger partial charge >= 0.3 is 0 Å². The molecule has 0 radical (unpaired) electrons. The van der Waals surface area contributed by atoms with Crippen LogP contribution in [-0.2, 0) is 0 Å². The molecule has 0 saturated carbocycles. The first kappa shape index (κ1) is 16.0. The van der Waals surface area contributed by atoms with Crippen LogP contribution >= 0.6 is 11.8 Å². The van der Waals surface area contributed by atoms with E-state index in [4.69, 9.17) is 0 Å². The van der Waals surface area contributed by atoms with Crippen LogP contribution in [0.3, 0.4) is 0 Å². The number of halogens is 2. The number of nitrogens with zero attached hydrogens (tertiary/aromatic N) is 2. The predicted molar refractivity (Wildman–Crippen MR) is 79.2 cm³/mol. The Morgan fingerprint density at radius 1 is 1.42 bits per heavy atom. The van der Waals surface area contributed by atoms with Gasteiger partial charge < -0.3 is 10.2 Å². The van der Waals surface area contributed by atoms with Gasteiger partial charge in [-0.05, 0) is 32.3 Å². The van der Waals surface area contributed by atoms with Gasteiger partial charge in [0.2, 0.25) is 0 Å². The Morgan fingerprint density at radius 2 is 2.11 bits per heavy atom. The van der Waals surface area contributed by atoms with E-state index in [2.05, 4.69) is 10.3 Å². The van der Waals surface area contributed by atoms with E-state index in [0.717, 1.165) is 18.2 Å². The zero-order valence-corrected chi connectivity index (χ0v) is 12.7. The van der Waals surface area contributed by atoms with Crippen molar-refractivity contribution < 1.29 is 8.78 Å². The summed E-state index contributed by atoms with van der Waals surface area (Å²) in [6.45, 7) is 4.39. The molecular formula is C13H21F2N3S. The molecule has 0 fully saturated rings. The maximum absolute atomic E-state index is 13.8. The van der Waals surface area contributed by atoms with Crippen molar-refractivity contribution in [2.24, 2.45) is 0 Å². The SMILES string of the molecule is CCNc1nc(N(C)C(C)CCSC)c(F)cc1F. The summed E-state index contributed by atoms with van der Waals surface area (Å²) in [7, 11) is 1.78. The number of rotatable bonds is 7. The third-order valence-corrected chi connectivity index (χ3v) is 3.63. The molecule has 3 nitrogen and oxygen atoms in total. The van der Waals surface area contributed by atoms with E-state index < -0.39 is 11.6 Å². The molecular weight excluding hydrogens is 268 g/mol. The van der Waals surface area contributed by atoms with Crippen molar-refractivity contribution in [3.63, 3.8) is 0 Å². The van der Waals surface area contributed by atoms with Crippen LogP contribution in [-0.4, -0.2) is 36.6 Å². The number of aromatic nitrogens is 1. The highest BCUT2D eigenvalue weighted by molar-refractivity contribution is 7.98. The Bertz CT molecular complexity index is 415. The molecule has 6 heteroatoms. The first-order chi connectivity index (χ1) is 9.01. The van der Waals surface area contributed by atoms with Crippen LogP contribution in [0.5, 0.6) is 0 Å². The molecule has 0 spiro atoms. The summed E-state index contributed by atoms with van der Waals surface area (Å²) in [4.78, 5) is 5.80. The molecule has 0 bridgehead atoms. The minimum Gasteiger partial charge on any atom is -0.368 e. The molecule has 0 amide bonds. The van der Waals surface area contributed by atoms with Crippen molar-refractivity contribution in [3.05, 3.63) is 17.7 Å². The van der Waals surface area contributed by atoms with E-state index in [1.807, 2.05) is 20.1 Å². The predicted octanol–water partition coefficient (Wildman–Crippen LogP) is 3.37. The lowest BCUT2D eigenvalue weighted by Gasteiger charge is -2.26. The molecule has 0 aliphatic rings. The van der Waals surface area contributed by atoms with Crippen molar-refractivity contribution in [1.82, 2.24) is 4.98 Å². The van der Waals surface area contributed by atoms with Crippen molar-refractivity contribution in [1.29, 1.82) is 0 Å². The van der Waals surface area contributed by atoms with Gasteiger partial charge in [-0.2, -0.15) is 11.8 Å². The van der Waals surface area contributed by atoms with Crippen molar-refractivity contribution >= 4 is 23.4 Å². The van der Waals surface area contributed by atoms with Crippen LogP contribution in [0.1, 0.15) is 20.3 Å². The van der Waals surface area contributed by atoms with Gasteiger partial charge in [-0.25, -0.2) is 13.8 Å². The Labute approximate surface area is 117 Å². The average Bonchev–Trinajstić information content (AvgIpc) is 2.38. The molecule has 19 heavy (non-hydrogen) atoms. The Morgan fingerprint density at radius 3 is 2.68 bits per heavy atom. The second-order valence-corrected chi connectivity index (χ2v) is 5.38. The number of thioether (sulfide) groups is 1. The lowest BCUT2D eigenvalue weighted by atomic mass is 10.2. The van der Waals surface area contributed by atoms with Gasteiger partial charge in [0.05, 0.1) is 0 Å². The highest BCUT2D eigenvalue weighted by Crippen LogP contribution is 2.23. The van der Waals surface area contributed by atoms with E-state index in [0.29, 0.717) is 6.54 Å². The van der Waals surface area contributed by atoms with Gasteiger partial charge in [0.15, 0.2) is 23.3 Å². The lowest BCUT2D eigenvalue weighted by molar-refractivity contribution is 0.561. The van der Waals surface area contributed by atoms with Crippen molar-refractivity contribution in [2.75, 3.05) is 35.8 Å². The largest absolute Gasteiger partial charge is 0.368 e. The maximum Gasteiger partial charge on any atom is 0.168 e. The van der Waals surface area contributed by atoms with Gasteiger partial charge in [-0.15, -0.1) is 0 Å². The summed E-state index contributed by atoms with van der Waals surface area (Å²) < 4.78 is 27.3. The van der Waals surface area contributed by atoms with Crippen molar-refractivity contribution in [2.45, 2.75) is 26.3 Å². The molecule has 1 aromatic heterocycles. The molecule has 1 heterocycles. The van der Waals surface area contributed by atoms with Crippen LogP contribution in [0.4, 0.5) is 20.4 Å². The van der Waals surface area contributed by atoms with Crippen molar-refractivity contribution in [3.8, 4) is 0 Å². The van der Waals surface area contributed by atoms with Crippen LogP contribution in [0.15, 0.2) is 6.07 Å². The Balaban J connectivity index is 2.94. The second-order valence-electron chi connectivity index (χ2n) is 4.40. The molecule has 0 saturated heterocycles. The zero-order chi connectivity index (χ0) is 14.4. The molecule has 0 aliphatic heterocycles.